The van der Waals surface area contributed by atoms with Crippen molar-refractivity contribution < 1.29 is 29.0 Å². The lowest BCUT2D eigenvalue weighted by Gasteiger charge is -2.26. The minimum absolute atomic E-state index is 0.0564. The summed E-state index contributed by atoms with van der Waals surface area (Å²) in [6.45, 7) is 1.88. The highest BCUT2D eigenvalue weighted by Gasteiger charge is 2.34. The summed E-state index contributed by atoms with van der Waals surface area (Å²) >= 11 is 0. The molecule has 0 fully saturated rings. The Labute approximate surface area is 243 Å². The molecule has 1 unspecified atom stereocenters. The number of carboxylic acid groups (broad SMARTS) is 1. The van der Waals surface area contributed by atoms with Crippen LogP contribution in [0.25, 0.3) is 11.1 Å². The first-order chi connectivity index (χ1) is 20.3. The van der Waals surface area contributed by atoms with E-state index in [4.69, 9.17) is 9.47 Å². The Morgan fingerprint density at radius 1 is 0.929 bits per heavy atom. The van der Waals surface area contributed by atoms with Crippen molar-refractivity contribution in [2.45, 2.75) is 37.6 Å². The predicted octanol–water partition coefficient (Wildman–Crippen LogP) is 4.17. The van der Waals surface area contributed by atoms with Gasteiger partial charge in [0, 0.05) is 24.7 Å². The first-order valence-electron chi connectivity index (χ1n) is 13.6. The maximum absolute atomic E-state index is 13.5. The molecule has 10 heteroatoms. The number of aryl methyl sites for hydroxylation is 1. The van der Waals surface area contributed by atoms with Gasteiger partial charge in [-0.25, -0.2) is 9.59 Å². The number of rotatable bonds is 11. The number of aliphatic carboxylic acids is 1. The molecule has 3 N–H and O–H groups in total. The number of amides is 2. The van der Waals surface area contributed by atoms with Crippen LogP contribution in [0.1, 0.15) is 41.1 Å². The van der Waals surface area contributed by atoms with Crippen molar-refractivity contribution in [2.75, 3.05) is 6.61 Å². The van der Waals surface area contributed by atoms with Crippen molar-refractivity contribution in [1.82, 2.24) is 20.4 Å². The molecule has 0 saturated carbocycles. The van der Waals surface area contributed by atoms with Crippen LogP contribution < -0.4 is 10.6 Å². The molecule has 0 bridgehead atoms. The van der Waals surface area contributed by atoms with Crippen molar-refractivity contribution >= 4 is 18.0 Å². The van der Waals surface area contributed by atoms with Gasteiger partial charge in [-0.1, -0.05) is 78.9 Å². The molecule has 3 atom stereocenters. The van der Waals surface area contributed by atoms with Gasteiger partial charge in [0.15, 0.2) is 6.04 Å². The van der Waals surface area contributed by atoms with E-state index in [9.17, 15) is 19.5 Å². The van der Waals surface area contributed by atoms with Crippen LogP contribution >= 0.6 is 0 Å². The van der Waals surface area contributed by atoms with Gasteiger partial charge in [0.2, 0.25) is 5.91 Å². The number of benzene rings is 3. The summed E-state index contributed by atoms with van der Waals surface area (Å²) in [6.07, 6.45) is 1.22. The molecule has 3 aromatic carbocycles. The van der Waals surface area contributed by atoms with E-state index in [0.717, 1.165) is 27.8 Å². The molecule has 0 aliphatic heterocycles. The summed E-state index contributed by atoms with van der Waals surface area (Å²) < 4.78 is 13.0. The molecule has 216 valence electrons. The molecule has 1 aliphatic rings. The zero-order chi connectivity index (χ0) is 29.6. The minimum atomic E-state index is -1.38. The van der Waals surface area contributed by atoms with E-state index in [0.29, 0.717) is 0 Å². The minimum Gasteiger partial charge on any atom is -0.479 e. The maximum Gasteiger partial charge on any atom is 0.407 e. The Bertz CT molecular complexity index is 1520. The number of carboxylic acids is 1. The lowest BCUT2D eigenvalue weighted by atomic mass is 9.98. The normalized spacial score (nSPS) is 14.2. The standard InChI is InChI=1S/C32H32N4O6/c1-20(41-18-21-10-4-3-5-11-21)28(30(37)34-29(31(38)39)22-16-33-36(2)17-22)35-32(40)42-19-27-25-14-8-6-12-23(25)24-13-7-9-15-26(24)27/h3-17,20,27-29H,18-19H2,1-2H3,(H,34,37)(H,35,40)(H,38,39)/t20-,28+,29?/m0/s1. The van der Waals surface area contributed by atoms with E-state index in [1.54, 1.807) is 14.0 Å². The number of carbonyl (C=O) groups excluding carboxylic acids is 2. The summed E-state index contributed by atoms with van der Waals surface area (Å²) in [6, 6.07) is 22.7. The predicted molar refractivity (Wildman–Crippen MR) is 154 cm³/mol. The van der Waals surface area contributed by atoms with Crippen LogP contribution in [-0.4, -0.2) is 51.6 Å². The molecule has 5 rings (SSSR count). The number of hydrogen-bond donors (Lipinski definition) is 3. The third-order valence-corrected chi connectivity index (χ3v) is 7.32. The number of alkyl carbamates (subject to hydrolysis) is 1. The molecular weight excluding hydrogens is 536 g/mol. The number of hydrogen-bond acceptors (Lipinski definition) is 6. The average Bonchev–Trinajstić information content (AvgIpc) is 3.57. The highest BCUT2D eigenvalue weighted by Crippen LogP contribution is 2.44. The van der Waals surface area contributed by atoms with Crippen LogP contribution in [0.15, 0.2) is 91.3 Å². The van der Waals surface area contributed by atoms with Crippen LogP contribution in [0.2, 0.25) is 0 Å². The highest BCUT2D eigenvalue weighted by atomic mass is 16.5. The van der Waals surface area contributed by atoms with Crippen molar-refractivity contribution in [2.24, 2.45) is 7.05 Å². The number of nitrogens with one attached hydrogen (secondary N) is 2. The average molecular weight is 569 g/mol. The van der Waals surface area contributed by atoms with E-state index in [-0.39, 0.29) is 24.7 Å². The van der Waals surface area contributed by atoms with Gasteiger partial charge in [-0.2, -0.15) is 5.10 Å². The molecule has 0 radical (unpaired) electrons. The van der Waals surface area contributed by atoms with Crippen LogP contribution in [0.4, 0.5) is 4.79 Å². The second kappa shape index (κ2) is 12.7. The Morgan fingerprint density at radius 2 is 1.55 bits per heavy atom. The maximum atomic E-state index is 13.5. The number of aromatic nitrogens is 2. The number of fused-ring (bicyclic) bond motifs is 3. The van der Waals surface area contributed by atoms with E-state index >= 15 is 0 Å². The lowest BCUT2D eigenvalue weighted by Crippen LogP contribution is -2.54. The summed E-state index contributed by atoms with van der Waals surface area (Å²) in [4.78, 5) is 38.6. The van der Waals surface area contributed by atoms with E-state index in [1.165, 1.54) is 17.1 Å². The smallest absolute Gasteiger partial charge is 0.407 e. The van der Waals surface area contributed by atoms with Gasteiger partial charge in [0.1, 0.15) is 12.6 Å². The molecule has 10 nitrogen and oxygen atoms in total. The first-order valence-corrected chi connectivity index (χ1v) is 13.6. The van der Waals surface area contributed by atoms with Gasteiger partial charge in [0.05, 0.1) is 18.9 Å². The Hall–Kier alpha value is -4.96. The van der Waals surface area contributed by atoms with Crippen molar-refractivity contribution in [3.05, 3.63) is 114 Å². The van der Waals surface area contributed by atoms with E-state index < -0.39 is 36.2 Å². The second-order valence-corrected chi connectivity index (χ2v) is 10.2. The zero-order valence-corrected chi connectivity index (χ0v) is 23.3. The third kappa shape index (κ3) is 6.34. The van der Waals surface area contributed by atoms with Crippen molar-refractivity contribution in [1.29, 1.82) is 0 Å². The summed E-state index contributed by atoms with van der Waals surface area (Å²) in [7, 11) is 1.64. The highest BCUT2D eigenvalue weighted by molar-refractivity contribution is 5.90. The van der Waals surface area contributed by atoms with Gasteiger partial charge in [-0.3, -0.25) is 9.48 Å². The SMILES string of the molecule is C[C@H](OCc1ccccc1)[C@@H](NC(=O)OCC1c2ccccc2-c2ccccc21)C(=O)NC(C(=O)O)c1cnn(C)c1. The molecule has 1 aliphatic carbocycles. The molecule has 0 saturated heterocycles. The molecule has 42 heavy (non-hydrogen) atoms. The number of carbonyl (C=O) groups is 3. The van der Waals surface area contributed by atoms with Crippen LogP contribution in [-0.2, 0) is 32.7 Å². The monoisotopic (exact) mass is 568 g/mol. The summed E-state index contributed by atoms with van der Waals surface area (Å²) in [5.74, 6) is -2.17. The molecule has 0 spiro atoms. The number of ether oxygens (including phenoxy) is 2. The van der Waals surface area contributed by atoms with Gasteiger partial charge in [-0.15, -0.1) is 0 Å². The molecule has 2 amide bonds. The zero-order valence-electron chi connectivity index (χ0n) is 23.3. The topological polar surface area (TPSA) is 132 Å². The Kier molecular flexibility index (Phi) is 8.63. The van der Waals surface area contributed by atoms with Gasteiger partial charge < -0.3 is 25.2 Å². The Balaban J connectivity index is 1.30. The first kappa shape index (κ1) is 28.6. The molecular formula is C32H32N4O6. The third-order valence-electron chi connectivity index (χ3n) is 7.32. The molecule has 1 heterocycles. The van der Waals surface area contributed by atoms with Gasteiger partial charge in [-0.05, 0) is 34.7 Å². The molecule has 1 aromatic heterocycles. The summed E-state index contributed by atoms with van der Waals surface area (Å²) in [5.41, 5.74) is 5.47. The van der Waals surface area contributed by atoms with E-state index in [1.807, 2.05) is 78.9 Å². The van der Waals surface area contributed by atoms with Gasteiger partial charge >= 0.3 is 12.1 Å². The second-order valence-electron chi connectivity index (χ2n) is 10.2. The fraction of sp³-hybridized carbons (Fsp3) is 0.250. The Morgan fingerprint density at radius 3 is 2.14 bits per heavy atom. The van der Waals surface area contributed by atoms with Crippen LogP contribution in [0.3, 0.4) is 0 Å². The molecule has 4 aromatic rings. The van der Waals surface area contributed by atoms with E-state index in [2.05, 4.69) is 15.7 Å². The van der Waals surface area contributed by atoms with Crippen molar-refractivity contribution in [3.8, 4) is 11.1 Å². The number of nitrogens with zero attached hydrogens (tertiary/aromatic N) is 2. The summed E-state index contributed by atoms with van der Waals surface area (Å²) in [5, 5.41) is 18.9. The fourth-order valence-corrected chi connectivity index (χ4v) is 5.17. The largest absolute Gasteiger partial charge is 0.479 e. The van der Waals surface area contributed by atoms with Crippen LogP contribution in [0, 0.1) is 0 Å². The van der Waals surface area contributed by atoms with Gasteiger partial charge in [0.25, 0.3) is 0 Å². The van der Waals surface area contributed by atoms with Crippen molar-refractivity contribution in [3.63, 3.8) is 0 Å². The quantitative estimate of drug-likeness (QED) is 0.247. The lowest BCUT2D eigenvalue weighted by molar-refractivity contribution is -0.143. The fourth-order valence-electron chi connectivity index (χ4n) is 5.17. The van der Waals surface area contributed by atoms with Crippen LogP contribution in [0.5, 0.6) is 0 Å².